The lowest BCUT2D eigenvalue weighted by Gasteiger charge is -1.97. The molecule has 0 aromatic carbocycles. The van der Waals surface area contributed by atoms with E-state index in [0.29, 0.717) is 6.04 Å². The zero-order valence-electron chi connectivity index (χ0n) is 4.85. The Morgan fingerprint density at radius 3 is 2.29 bits per heavy atom. The Kier molecular flexibility index (Phi) is 1.33. The summed E-state index contributed by atoms with van der Waals surface area (Å²) in [5.74, 6) is 0.898. The predicted molar refractivity (Wildman–Crippen MR) is 31.0 cm³/mol. The van der Waals surface area contributed by atoms with Gasteiger partial charge in [0.25, 0.3) is 0 Å². The van der Waals surface area contributed by atoms with Gasteiger partial charge in [-0.1, -0.05) is 6.92 Å². The van der Waals surface area contributed by atoms with Crippen molar-refractivity contribution in [3.05, 3.63) is 0 Å². The summed E-state index contributed by atoms with van der Waals surface area (Å²) in [5.41, 5.74) is 5.63. The van der Waals surface area contributed by atoms with Gasteiger partial charge in [0.1, 0.15) is 0 Å². The first-order chi connectivity index (χ1) is 3.29. The third-order valence-corrected chi connectivity index (χ3v) is 1.74. The lowest BCUT2D eigenvalue weighted by Crippen LogP contribution is -2.14. The smallest absolute Gasteiger partial charge is 0.00414 e. The quantitative estimate of drug-likeness (QED) is 0.484. The van der Waals surface area contributed by atoms with Gasteiger partial charge in [-0.3, -0.25) is 0 Å². The Labute approximate surface area is 44.9 Å². The maximum atomic E-state index is 5.63. The fraction of sp³-hybridized carbons (Fsp3) is 1.00. The van der Waals surface area contributed by atoms with E-state index in [4.69, 9.17) is 5.73 Å². The lowest BCUT2D eigenvalue weighted by atomic mass is 10.1. The molecular formula is C6H13N. The summed E-state index contributed by atoms with van der Waals surface area (Å²) in [4.78, 5) is 0. The standard InChI is InChI=1S/C6H13N/c1-5-2-3-6(7)4-5/h5-6H,2-4,7H2,1H3. The van der Waals surface area contributed by atoms with Crippen LogP contribution in [0.3, 0.4) is 0 Å². The van der Waals surface area contributed by atoms with Gasteiger partial charge in [-0.05, 0) is 25.2 Å². The monoisotopic (exact) mass is 99.1 g/mol. The topological polar surface area (TPSA) is 26.0 Å². The molecule has 1 nitrogen and oxygen atoms in total. The summed E-state index contributed by atoms with van der Waals surface area (Å²) in [7, 11) is 0. The van der Waals surface area contributed by atoms with Crippen molar-refractivity contribution in [1.82, 2.24) is 0 Å². The molecule has 2 N–H and O–H groups in total. The minimum Gasteiger partial charge on any atom is -0.328 e. The molecule has 0 radical (unpaired) electrons. The summed E-state index contributed by atoms with van der Waals surface area (Å²) in [6.07, 6.45) is 3.85. The summed E-state index contributed by atoms with van der Waals surface area (Å²) in [6, 6.07) is 0.523. The largest absolute Gasteiger partial charge is 0.328 e. The van der Waals surface area contributed by atoms with Gasteiger partial charge in [0.05, 0.1) is 0 Å². The second kappa shape index (κ2) is 1.83. The van der Waals surface area contributed by atoms with Crippen LogP contribution in [0.25, 0.3) is 0 Å². The molecule has 0 aromatic rings. The van der Waals surface area contributed by atoms with Crippen molar-refractivity contribution in [2.24, 2.45) is 11.7 Å². The van der Waals surface area contributed by atoms with Gasteiger partial charge in [-0.25, -0.2) is 0 Å². The average Bonchev–Trinajstić information content (AvgIpc) is 1.87. The molecule has 1 aliphatic rings. The maximum absolute atomic E-state index is 5.63. The third-order valence-electron chi connectivity index (χ3n) is 1.74. The maximum Gasteiger partial charge on any atom is 0.00414 e. The lowest BCUT2D eigenvalue weighted by molar-refractivity contribution is 0.594. The van der Waals surface area contributed by atoms with E-state index in [2.05, 4.69) is 6.92 Å². The van der Waals surface area contributed by atoms with Gasteiger partial charge in [0.15, 0.2) is 0 Å². The van der Waals surface area contributed by atoms with Crippen molar-refractivity contribution < 1.29 is 0 Å². The van der Waals surface area contributed by atoms with Crippen LogP contribution in [-0.2, 0) is 0 Å². The van der Waals surface area contributed by atoms with Crippen LogP contribution in [0, 0.1) is 5.92 Å². The SMILES string of the molecule is CC1CCC(N)C1. The fourth-order valence-corrected chi connectivity index (χ4v) is 1.25. The van der Waals surface area contributed by atoms with Gasteiger partial charge in [0.2, 0.25) is 0 Å². The number of nitrogens with two attached hydrogens (primary N) is 1. The van der Waals surface area contributed by atoms with Crippen molar-refractivity contribution >= 4 is 0 Å². The molecule has 0 aliphatic heterocycles. The minimum absolute atomic E-state index is 0.523. The van der Waals surface area contributed by atoms with Crippen LogP contribution < -0.4 is 5.73 Å². The molecule has 0 saturated heterocycles. The van der Waals surface area contributed by atoms with E-state index in [1.54, 1.807) is 0 Å². The minimum atomic E-state index is 0.523. The molecule has 1 saturated carbocycles. The second-order valence-corrected chi connectivity index (χ2v) is 2.68. The Morgan fingerprint density at radius 1 is 1.43 bits per heavy atom. The Morgan fingerprint density at radius 2 is 2.14 bits per heavy atom. The van der Waals surface area contributed by atoms with Crippen molar-refractivity contribution in [2.75, 3.05) is 0 Å². The highest BCUT2D eigenvalue weighted by atomic mass is 14.6. The highest BCUT2D eigenvalue weighted by molar-refractivity contribution is 4.73. The summed E-state index contributed by atoms with van der Waals surface area (Å²) in [5, 5.41) is 0. The number of hydrogen-bond acceptors (Lipinski definition) is 1. The van der Waals surface area contributed by atoms with Gasteiger partial charge in [0, 0.05) is 6.04 Å². The molecule has 42 valence electrons. The van der Waals surface area contributed by atoms with E-state index in [9.17, 15) is 0 Å². The van der Waals surface area contributed by atoms with E-state index in [1.165, 1.54) is 19.3 Å². The van der Waals surface area contributed by atoms with Crippen molar-refractivity contribution in [1.29, 1.82) is 0 Å². The molecule has 1 aliphatic carbocycles. The summed E-state index contributed by atoms with van der Waals surface area (Å²) < 4.78 is 0. The second-order valence-electron chi connectivity index (χ2n) is 2.68. The van der Waals surface area contributed by atoms with Crippen LogP contribution in [0.5, 0.6) is 0 Å². The molecular weight excluding hydrogens is 86.1 g/mol. The first-order valence-electron chi connectivity index (χ1n) is 3.04. The van der Waals surface area contributed by atoms with E-state index < -0.39 is 0 Å². The molecule has 1 heteroatoms. The normalized spacial score (nSPS) is 42.0. The molecule has 0 amide bonds. The van der Waals surface area contributed by atoms with Crippen LogP contribution in [0.4, 0.5) is 0 Å². The first-order valence-corrected chi connectivity index (χ1v) is 3.04. The van der Waals surface area contributed by atoms with E-state index in [1.807, 2.05) is 0 Å². The third kappa shape index (κ3) is 1.16. The molecule has 1 fully saturated rings. The first kappa shape index (κ1) is 5.10. The van der Waals surface area contributed by atoms with Crippen LogP contribution >= 0.6 is 0 Å². The van der Waals surface area contributed by atoms with Gasteiger partial charge >= 0.3 is 0 Å². The van der Waals surface area contributed by atoms with E-state index in [-0.39, 0.29) is 0 Å². The Hall–Kier alpha value is -0.0400. The summed E-state index contributed by atoms with van der Waals surface area (Å²) >= 11 is 0. The molecule has 0 aromatic heterocycles. The Bertz CT molecular complexity index is 53.2. The Balaban J connectivity index is 2.26. The molecule has 2 atom stereocenters. The fourth-order valence-electron chi connectivity index (χ4n) is 1.25. The van der Waals surface area contributed by atoms with E-state index in [0.717, 1.165) is 5.92 Å². The molecule has 7 heavy (non-hydrogen) atoms. The van der Waals surface area contributed by atoms with Crippen LogP contribution in [0.1, 0.15) is 26.2 Å². The zero-order valence-corrected chi connectivity index (χ0v) is 4.85. The molecule has 0 bridgehead atoms. The van der Waals surface area contributed by atoms with Crippen LogP contribution in [0.15, 0.2) is 0 Å². The van der Waals surface area contributed by atoms with Crippen LogP contribution in [-0.4, -0.2) is 6.04 Å². The molecule has 2 unspecified atom stereocenters. The molecule has 1 rings (SSSR count). The predicted octanol–water partition coefficient (Wildman–Crippen LogP) is 1.13. The molecule has 0 heterocycles. The van der Waals surface area contributed by atoms with Gasteiger partial charge in [-0.2, -0.15) is 0 Å². The molecule has 0 spiro atoms. The van der Waals surface area contributed by atoms with Crippen molar-refractivity contribution in [3.63, 3.8) is 0 Å². The zero-order chi connectivity index (χ0) is 5.28. The van der Waals surface area contributed by atoms with E-state index >= 15 is 0 Å². The van der Waals surface area contributed by atoms with Gasteiger partial charge < -0.3 is 5.73 Å². The average molecular weight is 99.2 g/mol. The highest BCUT2D eigenvalue weighted by Crippen LogP contribution is 2.22. The number of rotatable bonds is 0. The number of hydrogen-bond donors (Lipinski definition) is 1. The van der Waals surface area contributed by atoms with Crippen LogP contribution in [0.2, 0.25) is 0 Å². The summed E-state index contributed by atoms with van der Waals surface area (Å²) in [6.45, 7) is 2.27. The van der Waals surface area contributed by atoms with Crippen molar-refractivity contribution in [3.8, 4) is 0 Å². The highest BCUT2D eigenvalue weighted by Gasteiger charge is 2.16. The van der Waals surface area contributed by atoms with Crippen molar-refractivity contribution in [2.45, 2.75) is 32.2 Å². The van der Waals surface area contributed by atoms with Gasteiger partial charge in [-0.15, -0.1) is 0 Å².